The number of halogens is 1. The summed E-state index contributed by atoms with van der Waals surface area (Å²) in [5.41, 5.74) is 1.72. The van der Waals surface area contributed by atoms with E-state index >= 15 is 0 Å². The summed E-state index contributed by atoms with van der Waals surface area (Å²) < 4.78 is 12.6. The summed E-state index contributed by atoms with van der Waals surface area (Å²) in [6.07, 6.45) is 9.66. The van der Waals surface area contributed by atoms with Gasteiger partial charge in [0.1, 0.15) is 5.83 Å². The standard InChI is InChI=1S/C13H16FN/c1-10(2)15-11(3)4-5-12-6-8-13(14)9-7-12/h4-6,8-9,12H,1,7H2,2-3H3/b5-4+,15-11?. The number of hydrogen-bond donors (Lipinski definition) is 0. The van der Waals surface area contributed by atoms with Crippen LogP contribution in [-0.4, -0.2) is 5.71 Å². The van der Waals surface area contributed by atoms with E-state index in [-0.39, 0.29) is 11.7 Å². The number of hydrogen-bond acceptors (Lipinski definition) is 1. The van der Waals surface area contributed by atoms with Crippen LogP contribution in [0, 0.1) is 5.92 Å². The number of allylic oxidation sites excluding steroid dienone is 7. The quantitative estimate of drug-likeness (QED) is 0.618. The maximum absolute atomic E-state index is 12.6. The molecule has 0 saturated carbocycles. The normalized spacial score (nSPS) is 21.9. The van der Waals surface area contributed by atoms with E-state index in [1.165, 1.54) is 6.08 Å². The fourth-order valence-corrected chi connectivity index (χ4v) is 1.35. The summed E-state index contributed by atoms with van der Waals surface area (Å²) in [6.45, 7) is 7.49. The van der Waals surface area contributed by atoms with Gasteiger partial charge >= 0.3 is 0 Å². The molecule has 2 heteroatoms. The van der Waals surface area contributed by atoms with Crippen LogP contribution in [0.3, 0.4) is 0 Å². The molecule has 0 radical (unpaired) electrons. The number of rotatable bonds is 3. The molecule has 1 atom stereocenters. The third-order valence-electron chi connectivity index (χ3n) is 2.04. The van der Waals surface area contributed by atoms with Crippen molar-refractivity contribution < 1.29 is 4.39 Å². The van der Waals surface area contributed by atoms with Crippen molar-refractivity contribution >= 4 is 5.71 Å². The molecule has 1 unspecified atom stereocenters. The van der Waals surface area contributed by atoms with E-state index in [0.717, 1.165) is 17.8 Å². The Morgan fingerprint density at radius 3 is 2.87 bits per heavy atom. The van der Waals surface area contributed by atoms with Crippen molar-refractivity contribution in [1.29, 1.82) is 0 Å². The van der Waals surface area contributed by atoms with Crippen LogP contribution >= 0.6 is 0 Å². The Labute approximate surface area is 90.4 Å². The second kappa shape index (κ2) is 5.44. The molecule has 1 aliphatic rings. The average Bonchev–Trinajstić information content (AvgIpc) is 2.16. The first-order valence-corrected chi connectivity index (χ1v) is 5.01. The first kappa shape index (κ1) is 11.6. The van der Waals surface area contributed by atoms with Crippen LogP contribution in [0.15, 0.2) is 53.5 Å². The molecule has 0 bridgehead atoms. The molecular weight excluding hydrogens is 189 g/mol. The Morgan fingerprint density at radius 2 is 2.33 bits per heavy atom. The molecular formula is C13H16FN. The van der Waals surface area contributed by atoms with Gasteiger partial charge < -0.3 is 0 Å². The predicted molar refractivity (Wildman–Crippen MR) is 63.5 cm³/mol. The molecule has 0 N–H and O–H groups in total. The van der Waals surface area contributed by atoms with Crippen molar-refractivity contribution in [2.75, 3.05) is 0 Å². The van der Waals surface area contributed by atoms with Gasteiger partial charge in [0.15, 0.2) is 0 Å². The lowest BCUT2D eigenvalue weighted by Gasteiger charge is -2.07. The zero-order valence-corrected chi connectivity index (χ0v) is 9.20. The SMILES string of the molecule is C=C(C)N=C(C)/C=C/C1C=CC(F)=CC1. The van der Waals surface area contributed by atoms with E-state index in [2.05, 4.69) is 11.6 Å². The number of nitrogens with zero attached hydrogens (tertiary/aromatic N) is 1. The first-order valence-electron chi connectivity index (χ1n) is 5.01. The largest absolute Gasteiger partial charge is 0.259 e. The fourth-order valence-electron chi connectivity index (χ4n) is 1.35. The fraction of sp³-hybridized carbons (Fsp3) is 0.308. The minimum absolute atomic E-state index is 0.146. The molecule has 0 heterocycles. The summed E-state index contributed by atoms with van der Waals surface area (Å²) in [7, 11) is 0. The van der Waals surface area contributed by atoms with Gasteiger partial charge in [-0.05, 0) is 44.4 Å². The Bertz CT molecular complexity index is 359. The van der Waals surface area contributed by atoms with Gasteiger partial charge in [0.25, 0.3) is 0 Å². The van der Waals surface area contributed by atoms with E-state index in [1.54, 1.807) is 6.08 Å². The zero-order valence-electron chi connectivity index (χ0n) is 9.20. The lowest BCUT2D eigenvalue weighted by molar-refractivity contribution is 0.639. The van der Waals surface area contributed by atoms with Crippen molar-refractivity contribution in [2.45, 2.75) is 20.3 Å². The summed E-state index contributed by atoms with van der Waals surface area (Å²) in [6, 6.07) is 0. The van der Waals surface area contributed by atoms with Crippen LogP contribution in [0.5, 0.6) is 0 Å². The van der Waals surface area contributed by atoms with Gasteiger partial charge in [-0.25, -0.2) is 4.39 Å². The van der Waals surface area contributed by atoms with Gasteiger partial charge in [-0.2, -0.15) is 0 Å². The van der Waals surface area contributed by atoms with E-state index < -0.39 is 0 Å². The molecule has 0 aromatic rings. The minimum Gasteiger partial charge on any atom is -0.259 e. The molecule has 0 saturated heterocycles. The highest BCUT2D eigenvalue weighted by molar-refractivity contribution is 5.93. The zero-order chi connectivity index (χ0) is 11.3. The Balaban J connectivity index is 2.53. The average molecular weight is 205 g/mol. The summed E-state index contributed by atoms with van der Waals surface area (Å²) in [5.74, 6) is 0.131. The van der Waals surface area contributed by atoms with E-state index in [1.807, 2.05) is 32.1 Å². The van der Waals surface area contributed by atoms with E-state index in [4.69, 9.17) is 0 Å². The molecule has 80 valence electrons. The molecule has 15 heavy (non-hydrogen) atoms. The summed E-state index contributed by atoms with van der Waals surface area (Å²) in [4.78, 5) is 4.20. The molecule has 0 spiro atoms. The van der Waals surface area contributed by atoms with Crippen LogP contribution in [0.4, 0.5) is 4.39 Å². The molecule has 1 aliphatic carbocycles. The van der Waals surface area contributed by atoms with Crippen molar-refractivity contribution in [1.82, 2.24) is 0 Å². The maximum atomic E-state index is 12.6. The highest BCUT2D eigenvalue weighted by Crippen LogP contribution is 2.17. The van der Waals surface area contributed by atoms with Gasteiger partial charge in [0.2, 0.25) is 0 Å². The van der Waals surface area contributed by atoms with Gasteiger partial charge in [-0.15, -0.1) is 0 Å². The molecule has 0 aromatic heterocycles. The van der Waals surface area contributed by atoms with Gasteiger partial charge in [-0.3, -0.25) is 4.99 Å². The molecule has 0 aromatic carbocycles. The summed E-state index contributed by atoms with van der Waals surface area (Å²) >= 11 is 0. The minimum atomic E-state index is -0.146. The lowest BCUT2D eigenvalue weighted by Crippen LogP contribution is -1.95. The summed E-state index contributed by atoms with van der Waals surface area (Å²) in [5, 5.41) is 0. The van der Waals surface area contributed by atoms with Crippen LogP contribution in [0.2, 0.25) is 0 Å². The third-order valence-corrected chi connectivity index (χ3v) is 2.04. The second-order valence-corrected chi connectivity index (χ2v) is 3.70. The Morgan fingerprint density at radius 1 is 1.60 bits per heavy atom. The van der Waals surface area contributed by atoms with E-state index in [0.29, 0.717) is 0 Å². The third kappa shape index (κ3) is 4.54. The first-order chi connectivity index (χ1) is 7.08. The predicted octanol–water partition coefficient (Wildman–Crippen LogP) is 3.97. The van der Waals surface area contributed by atoms with Crippen molar-refractivity contribution in [3.8, 4) is 0 Å². The Hall–Kier alpha value is -1.44. The van der Waals surface area contributed by atoms with Gasteiger partial charge in [0.05, 0.1) is 0 Å². The lowest BCUT2D eigenvalue weighted by atomic mass is 9.99. The Kier molecular flexibility index (Phi) is 4.22. The van der Waals surface area contributed by atoms with Gasteiger partial charge in [-0.1, -0.05) is 18.7 Å². The van der Waals surface area contributed by atoms with E-state index in [9.17, 15) is 4.39 Å². The maximum Gasteiger partial charge on any atom is 0.118 e. The van der Waals surface area contributed by atoms with Crippen LogP contribution < -0.4 is 0 Å². The highest BCUT2D eigenvalue weighted by atomic mass is 19.1. The second-order valence-electron chi connectivity index (χ2n) is 3.70. The monoisotopic (exact) mass is 205 g/mol. The molecule has 0 amide bonds. The van der Waals surface area contributed by atoms with Gasteiger partial charge in [0, 0.05) is 11.4 Å². The molecule has 1 rings (SSSR count). The topological polar surface area (TPSA) is 12.4 Å². The van der Waals surface area contributed by atoms with Crippen molar-refractivity contribution in [3.05, 3.63) is 48.5 Å². The van der Waals surface area contributed by atoms with Crippen LogP contribution in [0.25, 0.3) is 0 Å². The smallest absolute Gasteiger partial charge is 0.118 e. The van der Waals surface area contributed by atoms with Crippen LogP contribution in [0.1, 0.15) is 20.3 Å². The van der Waals surface area contributed by atoms with Crippen LogP contribution in [-0.2, 0) is 0 Å². The molecule has 0 aliphatic heterocycles. The number of aliphatic imine (C=N–C) groups is 1. The molecule has 0 fully saturated rings. The molecule has 1 nitrogen and oxygen atoms in total. The van der Waals surface area contributed by atoms with Crippen molar-refractivity contribution in [2.24, 2.45) is 10.9 Å². The van der Waals surface area contributed by atoms with Crippen molar-refractivity contribution in [3.63, 3.8) is 0 Å². The highest BCUT2D eigenvalue weighted by Gasteiger charge is 2.04.